The molecule has 3 aliphatic rings. The zero-order chi connectivity index (χ0) is 40.4. The fourth-order valence-electron chi connectivity index (χ4n) is 7.39. The van der Waals surface area contributed by atoms with Crippen LogP contribution in [0, 0.1) is 20.8 Å². The number of H-pyrrole nitrogens is 2. The lowest BCUT2D eigenvalue weighted by Crippen LogP contribution is -2.57. The molecule has 6 heterocycles. The number of nitrogens with zero attached hydrogens (tertiary/aromatic N) is 2. The highest BCUT2D eigenvalue weighted by molar-refractivity contribution is 7.99. The number of rotatable bonds is 12. The first-order chi connectivity index (χ1) is 26.7. The summed E-state index contributed by atoms with van der Waals surface area (Å²) in [6.07, 6.45) is -4.06. The van der Waals surface area contributed by atoms with Crippen LogP contribution in [0.25, 0.3) is 33.2 Å². The number of hydrogen-bond acceptors (Lipinski definition) is 13. The highest BCUT2D eigenvalue weighted by Gasteiger charge is 2.43. The van der Waals surface area contributed by atoms with Gasteiger partial charge in [0.25, 0.3) is 0 Å². The van der Waals surface area contributed by atoms with Gasteiger partial charge in [-0.15, -0.1) is 11.8 Å². The SMILES string of the molecule is COC(=O)CCOC(=O)C1=C(C)c2cc3cc(C)c(cc4[nH]c(cc5nc(c(C)c1n2)CC5C)c(C)c4C(C)OCCCS[C@@H]1O[C@H](CO)[C@@H](O)[C@H](O)[C@H]1O)[nH]3. The number of aliphatic hydroxyl groups is 4. The summed E-state index contributed by atoms with van der Waals surface area (Å²) in [6, 6.07) is 8.10. The second-order valence-electron chi connectivity index (χ2n) is 14.7. The minimum Gasteiger partial charge on any atom is -0.469 e. The number of fused-ring (bicyclic) bond motifs is 8. The first kappa shape index (κ1) is 41.5. The highest BCUT2D eigenvalue weighted by atomic mass is 32.2. The molecule has 0 amide bonds. The molecule has 1 saturated heterocycles. The Balaban J connectivity index is 1.33. The van der Waals surface area contributed by atoms with Crippen LogP contribution >= 0.6 is 11.8 Å². The lowest BCUT2D eigenvalue weighted by Gasteiger charge is -2.39. The molecule has 0 saturated carbocycles. The summed E-state index contributed by atoms with van der Waals surface area (Å²) in [5.41, 5.74) is 10.4. The molecular formula is C41H52N4O10S. The van der Waals surface area contributed by atoms with Crippen LogP contribution in [0.2, 0.25) is 0 Å². The van der Waals surface area contributed by atoms with E-state index in [9.17, 15) is 30.0 Å². The maximum atomic E-state index is 13.5. The lowest BCUT2D eigenvalue weighted by molar-refractivity contribution is -0.205. The summed E-state index contributed by atoms with van der Waals surface area (Å²) in [7, 11) is 1.29. The van der Waals surface area contributed by atoms with E-state index in [-0.39, 0.29) is 25.0 Å². The zero-order valence-corrected chi connectivity index (χ0v) is 33.7. The van der Waals surface area contributed by atoms with Gasteiger partial charge in [0.1, 0.15) is 36.5 Å². The van der Waals surface area contributed by atoms with Gasteiger partial charge in [0.15, 0.2) is 0 Å². The van der Waals surface area contributed by atoms with Gasteiger partial charge >= 0.3 is 11.9 Å². The Kier molecular flexibility index (Phi) is 13.0. The van der Waals surface area contributed by atoms with Gasteiger partial charge in [-0.3, -0.25) is 9.78 Å². The maximum Gasteiger partial charge on any atom is 0.340 e. The molecule has 3 aromatic rings. The topological polar surface area (TPSA) is 209 Å². The number of carbonyl (C=O) groups is 2. The number of nitrogens with one attached hydrogen (secondary N) is 2. The van der Waals surface area contributed by atoms with E-state index in [1.54, 1.807) is 0 Å². The van der Waals surface area contributed by atoms with E-state index in [0.29, 0.717) is 47.7 Å². The number of aromatic amines is 2. The molecule has 6 N–H and O–H groups in total. The van der Waals surface area contributed by atoms with E-state index in [4.69, 9.17) is 28.9 Å². The summed E-state index contributed by atoms with van der Waals surface area (Å²) in [5, 5.41) is 40.1. The first-order valence-corrected chi connectivity index (χ1v) is 20.0. The van der Waals surface area contributed by atoms with Crippen molar-refractivity contribution in [3.63, 3.8) is 0 Å². The van der Waals surface area contributed by atoms with Crippen LogP contribution in [0.5, 0.6) is 0 Å². The van der Waals surface area contributed by atoms with Crippen molar-refractivity contribution < 1.29 is 49.0 Å². The minimum atomic E-state index is -1.40. The van der Waals surface area contributed by atoms with Gasteiger partial charge < -0.3 is 49.3 Å². The van der Waals surface area contributed by atoms with Crippen LogP contribution < -0.4 is 0 Å². The fraction of sp³-hybridized carbons (Fsp3) is 0.512. The normalized spacial score (nSPS) is 23.0. The predicted molar refractivity (Wildman–Crippen MR) is 213 cm³/mol. The summed E-state index contributed by atoms with van der Waals surface area (Å²) in [6.45, 7) is 11.8. The predicted octanol–water partition coefficient (Wildman–Crippen LogP) is 4.62. The molecular weight excluding hydrogens is 741 g/mol. The average Bonchev–Trinajstić information content (AvgIpc) is 3.90. The Morgan fingerprint density at radius 1 is 0.964 bits per heavy atom. The Bertz CT molecular complexity index is 2160. The number of thioether (sulfide) groups is 1. The molecule has 0 aromatic carbocycles. The molecule has 3 aliphatic heterocycles. The number of aryl methyl sites for hydroxylation is 2. The molecule has 15 heteroatoms. The Labute approximate surface area is 329 Å². The number of esters is 2. The monoisotopic (exact) mass is 792 g/mol. The van der Waals surface area contributed by atoms with E-state index in [0.717, 1.165) is 55.7 Å². The smallest absolute Gasteiger partial charge is 0.340 e. The minimum absolute atomic E-state index is 0.0497. The first-order valence-electron chi connectivity index (χ1n) is 18.9. The molecule has 302 valence electrons. The number of hydrogen-bond donors (Lipinski definition) is 6. The number of allylic oxidation sites excluding steroid dienone is 1. The van der Waals surface area contributed by atoms with Crippen LogP contribution in [0.4, 0.5) is 0 Å². The molecule has 56 heavy (non-hydrogen) atoms. The van der Waals surface area contributed by atoms with E-state index in [2.05, 4.69) is 35.9 Å². The molecule has 2 unspecified atom stereocenters. The summed E-state index contributed by atoms with van der Waals surface area (Å²) in [4.78, 5) is 42.4. The van der Waals surface area contributed by atoms with Crippen LogP contribution in [-0.2, 0) is 35.0 Å². The van der Waals surface area contributed by atoms with E-state index in [1.807, 2.05) is 39.8 Å². The van der Waals surface area contributed by atoms with Gasteiger partial charge in [0, 0.05) is 51.5 Å². The second kappa shape index (κ2) is 17.6. The van der Waals surface area contributed by atoms with Gasteiger partial charge in [0.05, 0.1) is 43.2 Å². The van der Waals surface area contributed by atoms with Crippen molar-refractivity contribution in [3.05, 3.63) is 69.3 Å². The van der Waals surface area contributed by atoms with Crippen molar-refractivity contribution in [1.82, 2.24) is 19.9 Å². The van der Waals surface area contributed by atoms with Crippen molar-refractivity contribution in [2.45, 2.75) is 103 Å². The highest BCUT2D eigenvalue weighted by Crippen LogP contribution is 2.37. The number of aromatic nitrogens is 4. The summed E-state index contributed by atoms with van der Waals surface area (Å²) >= 11 is 1.31. The number of methoxy groups -OCH3 is 1. The van der Waals surface area contributed by atoms with Crippen molar-refractivity contribution in [2.24, 2.45) is 0 Å². The van der Waals surface area contributed by atoms with E-state index in [1.165, 1.54) is 18.9 Å². The molecule has 14 nitrogen and oxygen atoms in total. The molecule has 7 atom stereocenters. The molecule has 0 spiro atoms. The third kappa shape index (κ3) is 8.59. The van der Waals surface area contributed by atoms with Gasteiger partial charge in [0.2, 0.25) is 0 Å². The van der Waals surface area contributed by atoms with Crippen LogP contribution in [-0.4, -0.2) is 115 Å². The number of aliphatic hydroxyl groups excluding tert-OH is 4. The summed E-state index contributed by atoms with van der Waals surface area (Å²) < 4.78 is 22.3. The number of carbonyl (C=O) groups excluding carboxylic acids is 2. The molecule has 0 aliphatic carbocycles. The molecule has 0 radical (unpaired) electrons. The van der Waals surface area contributed by atoms with Crippen LogP contribution in [0.1, 0.15) is 90.7 Å². The van der Waals surface area contributed by atoms with Crippen LogP contribution in [0.15, 0.2) is 24.3 Å². The fourth-order valence-corrected chi connectivity index (χ4v) is 8.49. The third-order valence-corrected chi connectivity index (χ3v) is 12.0. The van der Waals surface area contributed by atoms with Gasteiger partial charge in [-0.25, -0.2) is 9.78 Å². The van der Waals surface area contributed by atoms with Crippen molar-refractivity contribution in [1.29, 1.82) is 0 Å². The quantitative estimate of drug-likeness (QED) is 0.109. The van der Waals surface area contributed by atoms with Gasteiger partial charge in [-0.05, 0) is 99.7 Å². The van der Waals surface area contributed by atoms with Crippen molar-refractivity contribution >= 4 is 56.9 Å². The number of ether oxygens (including phenoxy) is 4. The lowest BCUT2D eigenvalue weighted by atomic mass is 9.99. The zero-order valence-electron chi connectivity index (χ0n) is 32.8. The van der Waals surface area contributed by atoms with E-state index >= 15 is 0 Å². The largest absolute Gasteiger partial charge is 0.469 e. The standard InChI is InChI=1S/C41H52N4O10S/c1-19-13-25-15-29-22(4)35(40(51)54-11-9-33(47)52-7)36(45-29)23(5)28-14-20(2)27(43-28)16-30-21(3)34(31(44-30)17-26(19)42-25)24(6)53-10-8-12-56-41-39(50)38(49)37(48)32(18-46)55-41/h13,15-17,20,24,32,37-39,41-42,44,46,48-50H,8-12,14,18H2,1-7H3/t20?,24?,32-,37-,38+,39-,41+/m1/s1. The Morgan fingerprint density at radius 2 is 1.73 bits per heavy atom. The van der Waals surface area contributed by atoms with E-state index < -0.39 is 48.4 Å². The Hall–Kier alpha value is -4.09. The second-order valence-corrected chi connectivity index (χ2v) is 15.9. The van der Waals surface area contributed by atoms with Crippen molar-refractivity contribution in [3.8, 4) is 0 Å². The van der Waals surface area contributed by atoms with Crippen molar-refractivity contribution in [2.75, 3.05) is 32.7 Å². The molecule has 8 bridgehead atoms. The van der Waals surface area contributed by atoms with Gasteiger partial charge in [-0.2, -0.15) is 0 Å². The summed E-state index contributed by atoms with van der Waals surface area (Å²) in [5.74, 6) is -0.372. The third-order valence-electron chi connectivity index (χ3n) is 10.8. The van der Waals surface area contributed by atoms with Crippen LogP contribution in [0.3, 0.4) is 0 Å². The molecule has 6 rings (SSSR count). The van der Waals surface area contributed by atoms with Gasteiger partial charge in [-0.1, -0.05) is 6.92 Å². The maximum absolute atomic E-state index is 13.5. The molecule has 3 aromatic heterocycles. The Morgan fingerprint density at radius 3 is 2.46 bits per heavy atom. The average molecular weight is 793 g/mol. The molecule has 1 fully saturated rings.